The van der Waals surface area contributed by atoms with Gasteiger partial charge in [-0.3, -0.25) is 14.4 Å². The molecule has 2 aromatic rings. The molecule has 284 valence electrons. The molecule has 0 amide bonds. The Labute approximate surface area is 307 Å². The maximum Gasteiger partial charge on any atom is 0.338 e. The van der Waals surface area contributed by atoms with Gasteiger partial charge in [0.2, 0.25) is 0 Å². The first-order valence-electron chi connectivity index (χ1n) is 17.7. The highest BCUT2D eigenvalue weighted by Gasteiger charge is 2.80. The normalized spacial score (nSPS) is 34.5. The molecule has 0 aromatic heterocycles. The Kier molecular flexibility index (Phi) is 9.84. The molecule has 13 heteroatoms. The van der Waals surface area contributed by atoms with Gasteiger partial charge in [-0.15, -0.1) is 0 Å². The number of hydrogen-bond donors (Lipinski definition) is 2. The Morgan fingerprint density at radius 2 is 1.32 bits per heavy atom. The fourth-order valence-corrected chi connectivity index (χ4v) is 9.60. The van der Waals surface area contributed by atoms with Crippen LogP contribution < -0.4 is 0 Å². The number of benzene rings is 2. The lowest BCUT2D eigenvalue weighted by Crippen LogP contribution is -2.79. The van der Waals surface area contributed by atoms with Crippen molar-refractivity contribution in [1.82, 2.24) is 0 Å². The van der Waals surface area contributed by atoms with Crippen molar-refractivity contribution >= 4 is 29.8 Å². The molecular formula is C40H46O13. The van der Waals surface area contributed by atoms with Gasteiger partial charge in [0.1, 0.15) is 36.6 Å². The Hall–Kier alpha value is -4.59. The minimum absolute atomic E-state index is 0.0467. The van der Waals surface area contributed by atoms with E-state index in [0.29, 0.717) is 5.57 Å². The van der Waals surface area contributed by atoms with Crippen molar-refractivity contribution in [3.8, 4) is 0 Å². The van der Waals surface area contributed by atoms with E-state index in [-0.39, 0.29) is 36.1 Å². The lowest BCUT2D eigenvalue weighted by Gasteiger charge is -2.65. The number of aliphatic hydroxyl groups is 2. The summed E-state index contributed by atoms with van der Waals surface area (Å²) in [4.78, 5) is 66.9. The molecule has 6 rings (SSSR count). The topological polar surface area (TPSA) is 181 Å². The van der Waals surface area contributed by atoms with Crippen LogP contribution in [0.4, 0.5) is 0 Å². The van der Waals surface area contributed by atoms with Crippen molar-refractivity contribution in [2.24, 2.45) is 16.7 Å². The third-order valence-corrected chi connectivity index (χ3v) is 11.8. The van der Waals surface area contributed by atoms with E-state index in [2.05, 4.69) is 0 Å². The smallest absolute Gasteiger partial charge is 0.338 e. The first-order chi connectivity index (χ1) is 24.9. The number of esters is 5. The SMILES string of the molecule is CC(=O)OC1CC2(C(C)(C)O)C(=C1C)C(O)C(OC(=O)c1ccccc1)C1(C)C(OC(C)=O)CC3OCC3(OC(C)=O)C1C2OC(=O)c1ccccc1. The molecule has 1 saturated heterocycles. The molecule has 3 aliphatic carbocycles. The van der Waals surface area contributed by atoms with E-state index >= 15 is 0 Å². The van der Waals surface area contributed by atoms with Crippen molar-refractivity contribution in [3.63, 3.8) is 0 Å². The lowest BCUT2D eigenvalue weighted by molar-refractivity contribution is -0.351. The van der Waals surface area contributed by atoms with Gasteiger partial charge in [-0.05, 0) is 56.2 Å². The third-order valence-electron chi connectivity index (χ3n) is 11.8. The minimum atomic E-state index is -1.88. The predicted octanol–water partition coefficient (Wildman–Crippen LogP) is 3.88. The molecule has 2 saturated carbocycles. The fraction of sp³-hybridized carbons (Fsp3) is 0.525. The van der Waals surface area contributed by atoms with E-state index in [0.717, 1.165) is 0 Å². The van der Waals surface area contributed by atoms with Crippen LogP contribution in [0.5, 0.6) is 0 Å². The Morgan fingerprint density at radius 3 is 1.77 bits per heavy atom. The highest BCUT2D eigenvalue weighted by molar-refractivity contribution is 5.90. The van der Waals surface area contributed by atoms with Gasteiger partial charge in [0.15, 0.2) is 5.60 Å². The van der Waals surface area contributed by atoms with Crippen molar-refractivity contribution in [2.75, 3.05) is 6.61 Å². The van der Waals surface area contributed by atoms with Crippen LogP contribution >= 0.6 is 0 Å². The van der Waals surface area contributed by atoms with E-state index in [9.17, 15) is 34.2 Å². The molecule has 10 unspecified atom stereocenters. The number of carbonyl (C=O) groups excluding carboxylic acids is 5. The first kappa shape index (κ1) is 38.1. The van der Waals surface area contributed by atoms with Crippen LogP contribution in [0.25, 0.3) is 0 Å². The second-order valence-electron chi connectivity index (χ2n) is 15.3. The molecule has 0 spiro atoms. The highest BCUT2D eigenvalue weighted by atomic mass is 16.6. The molecule has 13 nitrogen and oxygen atoms in total. The van der Waals surface area contributed by atoms with Gasteiger partial charge in [0.05, 0.1) is 40.1 Å². The van der Waals surface area contributed by atoms with Crippen molar-refractivity contribution < 1.29 is 62.6 Å². The summed E-state index contributed by atoms with van der Waals surface area (Å²) in [5.74, 6) is -4.96. The zero-order chi connectivity index (χ0) is 38.7. The first-order valence-corrected chi connectivity index (χ1v) is 17.7. The summed E-state index contributed by atoms with van der Waals surface area (Å²) in [5.41, 5.74) is -6.25. The number of rotatable bonds is 8. The summed E-state index contributed by atoms with van der Waals surface area (Å²) in [5, 5.41) is 25.4. The van der Waals surface area contributed by atoms with E-state index in [1.54, 1.807) is 62.4 Å². The van der Waals surface area contributed by atoms with Crippen molar-refractivity contribution in [3.05, 3.63) is 82.9 Å². The molecule has 2 aromatic carbocycles. The molecule has 0 radical (unpaired) electrons. The second-order valence-corrected chi connectivity index (χ2v) is 15.3. The van der Waals surface area contributed by atoms with Crippen LogP contribution in [0.15, 0.2) is 71.8 Å². The standard InChI is InChI=1S/C40H46O13/c1-21-27(49-22(2)41)19-39(37(5,6)47)30(21)31(44)33(51-35(45)25-14-10-8-11-15-25)38(7)28(50-23(3)42)18-29-40(20-48-29,53-24(4)43)32(38)34(39)52-36(46)26-16-12-9-13-17-26/h8-17,27-29,31-34,44,47H,18-20H2,1-7H3. The predicted molar refractivity (Wildman–Crippen MR) is 185 cm³/mol. The number of aliphatic hydroxyl groups excluding tert-OH is 1. The molecule has 1 heterocycles. The van der Waals surface area contributed by atoms with E-state index < -0.39 is 94.4 Å². The highest BCUT2D eigenvalue weighted by Crippen LogP contribution is 2.68. The molecule has 4 aliphatic rings. The number of hydrogen-bond acceptors (Lipinski definition) is 13. The van der Waals surface area contributed by atoms with E-state index in [1.807, 2.05) is 0 Å². The molecular weight excluding hydrogens is 688 g/mol. The lowest BCUT2D eigenvalue weighted by atomic mass is 9.49. The summed E-state index contributed by atoms with van der Waals surface area (Å²) >= 11 is 0. The van der Waals surface area contributed by atoms with Gasteiger partial charge >= 0.3 is 29.8 Å². The molecule has 1 aliphatic heterocycles. The van der Waals surface area contributed by atoms with Crippen LogP contribution in [-0.2, 0) is 42.8 Å². The van der Waals surface area contributed by atoms with Gasteiger partial charge in [-0.25, -0.2) is 9.59 Å². The quantitative estimate of drug-likeness (QED) is 0.227. The minimum Gasteiger partial charge on any atom is -0.462 e. The van der Waals surface area contributed by atoms with Gasteiger partial charge in [-0.2, -0.15) is 0 Å². The maximum atomic E-state index is 14.3. The number of ether oxygens (including phenoxy) is 6. The summed E-state index contributed by atoms with van der Waals surface area (Å²) in [6.45, 7) is 9.69. The second kappa shape index (κ2) is 13.7. The third kappa shape index (κ3) is 6.12. The van der Waals surface area contributed by atoms with Crippen LogP contribution in [0, 0.1) is 16.7 Å². The fourth-order valence-electron chi connectivity index (χ4n) is 9.60. The van der Waals surface area contributed by atoms with E-state index in [1.165, 1.54) is 46.8 Å². The zero-order valence-corrected chi connectivity index (χ0v) is 30.8. The maximum absolute atomic E-state index is 14.3. The van der Waals surface area contributed by atoms with Crippen molar-refractivity contribution in [1.29, 1.82) is 0 Å². The largest absolute Gasteiger partial charge is 0.462 e. The summed E-state index contributed by atoms with van der Waals surface area (Å²) in [7, 11) is 0. The van der Waals surface area contributed by atoms with Crippen LogP contribution in [0.2, 0.25) is 0 Å². The number of fused-ring (bicyclic) bond motifs is 4. The Bertz CT molecular complexity index is 1820. The monoisotopic (exact) mass is 734 g/mol. The summed E-state index contributed by atoms with van der Waals surface area (Å²) in [6.07, 6.45) is -8.24. The van der Waals surface area contributed by atoms with Gasteiger partial charge < -0.3 is 38.6 Å². The summed E-state index contributed by atoms with van der Waals surface area (Å²) < 4.78 is 37.1. The van der Waals surface area contributed by atoms with E-state index in [4.69, 9.17) is 28.4 Å². The molecule has 0 bridgehead atoms. The van der Waals surface area contributed by atoms with Crippen LogP contribution in [0.3, 0.4) is 0 Å². The van der Waals surface area contributed by atoms with Gasteiger partial charge in [0.25, 0.3) is 0 Å². The van der Waals surface area contributed by atoms with Gasteiger partial charge in [0, 0.05) is 33.6 Å². The molecule has 10 atom stereocenters. The Balaban J connectivity index is 1.71. The Morgan fingerprint density at radius 1 is 0.792 bits per heavy atom. The van der Waals surface area contributed by atoms with Crippen LogP contribution in [0.1, 0.15) is 82.0 Å². The molecule has 2 N–H and O–H groups in total. The molecule has 53 heavy (non-hydrogen) atoms. The molecule has 3 fully saturated rings. The van der Waals surface area contributed by atoms with Crippen LogP contribution in [-0.4, -0.2) is 94.5 Å². The summed E-state index contributed by atoms with van der Waals surface area (Å²) in [6, 6.07) is 16.2. The van der Waals surface area contributed by atoms with Crippen molar-refractivity contribution in [2.45, 2.75) is 109 Å². The average Bonchev–Trinajstić information content (AvgIpc) is 3.35. The zero-order valence-electron chi connectivity index (χ0n) is 30.8. The average molecular weight is 735 g/mol. The number of carbonyl (C=O) groups is 5. The van der Waals surface area contributed by atoms with Gasteiger partial charge in [-0.1, -0.05) is 43.3 Å².